The largest absolute Gasteiger partial charge is 0.306 e. The lowest BCUT2D eigenvalue weighted by atomic mass is 10.0. The van der Waals surface area contributed by atoms with E-state index in [1.165, 1.54) is 23.7 Å². The van der Waals surface area contributed by atoms with E-state index in [1.54, 1.807) is 12.1 Å². The molecule has 1 aromatic carbocycles. The fraction of sp³-hybridized carbons (Fsp3) is 0.353. The topological polar surface area (TPSA) is 83.5 Å². The second-order valence-corrected chi connectivity index (χ2v) is 6.93. The minimum atomic E-state index is -0.469. The van der Waals surface area contributed by atoms with Gasteiger partial charge in [0.1, 0.15) is 17.7 Å². The van der Waals surface area contributed by atoms with Crippen LogP contribution in [0.5, 0.6) is 0 Å². The van der Waals surface area contributed by atoms with Crippen LogP contribution in [0.2, 0.25) is 0 Å². The van der Waals surface area contributed by atoms with Crippen molar-refractivity contribution in [2.24, 2.45) is 0 Å². The lowest BCUT2D eigenvalue weighted by Crippen LogP contribution is -2.39. The highest BCUT2D eigenvalue weighted by Crippen LogP contribution is 2.34. The predicted octanol–water partition coefficient (Wildman–Crippen LogP) is 2.89. The molecule has 26 heavy (non-hydrogen) atoms. The van der Waals surface area contributed by atoms with Gasteiger partial charge in [-0.15, -0.1) is 10.2 Å². The molecule has 0 fully saturated rings. The van der Waals surface area contributed by atoms with E-state index < -0.39 is 6.04 Å². The lowest BCUT2D eigenvalue weighted by Gasteiger charge is -2.36. The number of rotatable bonds is 3. The second-order valence-electron chi connectivity index (χ2n) is 6.18. The summed E-state index contributed by atoms with van der Waals surface area (Å²) in [7, 11) is 0. The number of halogens is 1. The molecule has 9 heteroatoms. The van der Waals surface area contributed by atoms with E-state index in [-0.39, 0.29) is 11.9 Å². The molecule has 3 heterocycles. The minimum absolute atomic E-state index is 0.103. The number of hydrogen-bond acceptors (Lipinski definition) is 7. The maximum atomic E-state index is 13.2. The van der Waals surface area contributed by atoms with E-state index in [0.29, 0.717) is 24.7 Å². The minimum Gasteiger partial charge on any atom is -0.306 e. The van der Waals surface area contributed by atoms with Gasteiger partial charge in [-0.3, -0.25) is 4.90 Å². The summed E-state index contributed by atoms with van der Waals surface area (Å²) in [6, 6.07) is 7.84. The molecule has 0 N–H and O–H groups in total. The highest BCUT2D eigenvalue weighted by molar-refractivity contribution is 7.09. The van der Waals surface area contributed by atoms with Gasteiger partial charge in [0.15, 0.2) is 16.7 Å². The zero-order valence-corrected chi connectivity index (χ0v) is 15.1. The Kier molecular flexibility index (Phi) is 4.22. The molecule has 1 aliphatic rings. The van der Waals surface area contributed by atoms with Crippen LogP contribution >= 0.6 is 11.5 Å². The zero-order chi connectivity index (χ0) is 18.3. The molecule has 4 rings (SSSR count). The van der Waals surface area contributed by atoms with Crippen LogP contribution in [0.1, 0.15) is 36.2 Å². The molecule has 132 valence electrons. The molecule has 2 atom stereocenters. The third kappa shape index (κ3) is 2.77. The van der Waals surface area contributed by atoms with Gasteiger partial charge in [-0.05, 0) is 43.1 Å². The van der Waals surface area contributed by atoms with Crippen LogP contribution in [0.3, 0.4) is 0 Å². The standard InChI is InChI=1S/C17H16FN7S/c1-10-15-21-22-16(17-20-11(2)23-26-17)25(15)8-7-24(10)14(9-19)12-3-5-13(18)6-4-12/h3-6,10,14H,7-8H2,1-2H3/t10-,14?/m1/s1. The van der Waals surface area contributed by atoms with Crippen LogP contribution < -0.4 is 0 Å². The molecule has 1 aliphatic heterocycles. The number of aromatic nitrogens is 5. The Bertz CT molecular complexity index is 972. The highest BCUT2D eigenvalue weighted by atomic mass is 32.1. The van der Waals surface area contributed by atoms with Crippen LogP contribution in [0.4, 0.5) is 4.39 Å². The third-order valence-electron chi connectivity index (χ3n) is 4.59. The van der Waals surface area contributed by atoms with Crippen molar-refractivity contribution in [3.63, 3.8) is 0 Å². The van der Waals surface area contributed by atoms with Crippen LogP contribution in [0.25, 0.3) is 10.8 Å². The molecule has 0 amide bonds. The molecular weight excluding hydrogens is 353 g/mol. The molecule has 3 aromatic rings. The monoisotopic (exact) mass is 369 g/mol. The van der Waals surface area contributed by atoms with Crippen LogP contribution in [-0.2, 0) is 6.54 Å². The second kappa shape index (κ2) is 6.55. The maximum Gasteiger partial charge on any atom is 0.194 e. The fourth-order valence-electron chi connectivity index (χ4n) is 3.29. The molecule has 0 saturated carbocycles. The first-order chi connectivity index (χ1) is 12.6. The van der Waals surface area contributed by atoms with E-state index in [1.807, 2.05) is 18.4 Å². The van der Waals surface area contributed by atoms with E-state index in [9.17, 15) is 9.65 Å². The van der Waals surface area contributed by atoms with Crippen molar-refractivity contribution in [2.75, 3.05) is 6.54 Å². The van der Waals surface area contributed by atoms with Gasteiger partial charge in [0, 0.05) is 13.1 Å². The van der Waals surface area contributed by atoms with E-state index >= 15 is 0 Å². The molecule has 7 nitrogen and oxygen atoms in total. The summed E-state index contributed by atoms with van der Waals surface area (Å²) in [5.41, 5.74) is 0.772. The number of benzene rings is 1. The third-order valence-corrected chi connectivity index (χ3v) is 5.39. The molecule has 0 saturated heterocycles. The van der Waals surface area contributed by atoms with Gasteiger partial charge < -0.3 is 4.57 Å². The van der Waals surface area contributed by atoms with Gasteiger partial charge in [0.2, 0.25) is 0 Å². The number of nitriles is 1. The average molecular weight is 369 g/mol. The molecule has 2 aromatic heterocycles. The molecule has 0 spiro atoms. The van der Waals surface area contributed by atoms with Crippen molar-refractivity contribution in [3.8, 4) is 16.9 Å². The van der Waals surface area contributed by atoms with Gasteiger partial charge in [-0.25, -0.2) is 9.37 Å². The van der Waals surface area contributed by atoms with Crippen molar-refractivity contribution < 1.29 is 4.39 Å². The summed E-state index contributed by atoms with van der Waals surface area (Å²) >= 11 is 1.31. The van der Waals surface area contributed by atoms with Crippen molar-refractivity contribution >= 4 is 11.5 Å². The smallest absolute Gasteiger partial charge is 0.194 e. The summed E-state index contributed by atoms with van der Waals surface area (Å²) in [6.45, 7) is 5.16. The van der Waals surface area contributed by atoms with E-state index in [2.05, 4.69) is 30.5 Å². The number of fused-ring (bicyclic) bond motifs is 1. The normalized spacial score (nSPS) is 18.3. The summed E-state index contributed by atoms with van der Waals surface area (Å²) in [5.74, 6) is 1.91. The molecule has 0 radical (unpaired) electrons. The van der Waals surface area contributed by atoms with Gasteiger partial charge >= 0.3 is 0 Å². The lowest BCUT2D eigenvalue weighted by molar-refractivity contribution is 0.135. The van der Waals surface area contributed by atoms with Crippen LogP contribution in [0.15, 0.2) is 24.3 Å². The summed E-state index contributed by atoms with van der Waals surface area (Å²) in [4.78, 5) is 6.46. The van der Waals surface area contributed by atoms with Gasteiger partial charge in [0.05, 0.1) is 12.1 Å². The molecule has 1 unspecified atom stereocenters. The Balaban J connectivity index is 1.66. The summed E-state index contributed by atoms with van der Waals surface area (Å²) in [6.07, 6.45) is 0. The molecule has 0 bridgehead atoms. The Morgan fingerprint density at radius 2 is 2.04 bits per heavy atom. The van der Waals surface area contributed by atoms with Gasteiger partial charge in [-0.2, -0.15) is 9.64 Å². The van der Waals surface area contributed by atoms with Crippen molar-refractivity contribution in [3.05, 3.63) is 47.3 Å². The fourth-order valence-corrected chi connectivity index (χ4v) is 3.95. The van der Waals surface area contributed by atoms with E-state index in [0.717, 1.165) is 16.4 Å². The Hall–Kier alpha value is -2.70. The predicted molar refractivity (Wildman–Crippen MR) is 93.5 cm³/mol. The summed E-state index contributed by atoms with van der Waals surface area (Å²) in [5, 5.41) is 19.1. The Morgan fingerprint density at radius 1 is 1.27 bits per heavy atom. The van der Waals surface area contributed by atoms with Crippen molar-refractivity contribution in [1.29, 1.82) is 5.26 Å². The first kappa shape index (κ1) is 16.8. The number of hydrogen-bond donors (Lipinski definition) is 0. The average Bonchev–Trinajstić information content (AvgIpc) is 3.25. The van der Waals surface area contributed by atoms with Gasteiger partial charge in [0.25, 0.3) is 0 Å². The molecular formula is C17H16FN7S. The first-order valence-electron chi connectivity index (χ1n) is 8.23. The quantitative estimate of drug-likeness (QED) is 0.706. The number of nitrogens with zero attached hydrogens (tertiary/aromatic N) is 7. The van der Waals surface area contributed by atoms with Crippen LogP contribution in [-0.4, -0.2) is 35.6 Å². The van der Waals surface area contributed by atoms with Gasteiger partial charge in [-0.1, -0.05) is 12.1 Å². The first-order valence-corrected chi connectivity index (χ1v) is 9.00. The highest BCUT2D eigenvalue weighted by Gasteiger charge is 2.34. The van der Waals surface area contributed by atoms with Crippen molar-refractivity contribution in [2.45, 2.75) is 32.5 Å². The molecule has 0 aliphatic carbocycles. The maximum absolute atomic E-state index is 13.2. The zero-order valence-electron chi connectivity index (χ0n) is 14.3. The van der Waals surface area contributed by atoms with Crippen molar-refractivity contribution in [1.82, 2.24) is 29.0 Å². The number of aryl methyl sites for hydroxylation is 1. The SMILES string of the molecule is Cc1nsc(-c2nnc3n2CCN(C(C#N)c2ccc(F)cc2)[C@@H]3C)n1. The Labute approximate surface area is 153 Å². The van der Waals surface area contributed by atoms with Crippen LogP contribution in [0, 0.1) is 24.1 Å². The summed E-state index contributed by atoms with van der Waals surface area (Å²) < 4.78 is 19.5. The van der Waals surface area contributed by atoms with E-state index in [4.69, 9.17) is 0 Å². The Morgan fingerprint density at radius 3 is 2.69 bits per heavy atom.